The third kappa shape index (κ3) is 4.08. The van der Waals surface area contributed by atoms with Crippen molar-refractivity contribution in [3.05, 3.63) is 59.7 Å². The van der Waals surface area contributed by atoms with Crippen LogP contribution in [-0.2, 0) is 17.5 Å². The molecule has 3 N–H and O–H groups in total. The van der Waals surface area contributed by atoms with Gasteiger partial charge in [-0.25, -0.2) is 0 Å². The quantitative estimate of drug-likeness (QED) is 0.892. The zero-order chi connectivity index (χ0) is 16.2. The summed E-state index contributed by atoms with van der Waals surface area (Å²) in [5.41, 5.74) is 6.75. The first-order chi connectivity index (χ1) is 10.4. The summed E-state index contributed by atoms with van der Waals surface area (Å²) in [6.45, 7) is 0.446. The fraction of sp³-hybridized carbons (Fsp3) is 0.188. The standard InChI is InChI=1S/C16H15F3N2O/c17-16(18,19)13-7-5-11(6-8-13)14-4-2-1-3-12(14)9-21-10-15(20)22/h1-8,21H,9-10H2,(H2,20,22). The summed E-state index contributed by atoms with van der Waals surface area (Å²) in [7, 11) is 0. The van der Waals surface area contributed by atoms with E-state index < -0.39 is 17.6 Å². The molecule has 0 saturated heterocycles. The van der Waals surface area contributed by atoms with Crippen molar-refractivity contribution in [3.8, 4) is 11.1 Å². The first-order valence-corrected chi connectivity index (χ1v) is 6.62. The average Bonchev–Trinajstić information content (AvgIpc) is 2.47. The number of alkyl halides is 3. The van der Waals surface area contributed by atoms with Crippen molar-refractivity contribution >= 4 is 5.91 Å². The van der Waals surface area contributed by atoms with E-state index in [-0.39, 0.29) is 6.54 Å². The number of nitrogens with one attached hydrogen (secondary N) is 1. The van der Waals surface area contributed by atoms with Crippen LogP contribution in [0.25, 0.3) is 11.1 Å². The molecule has 0 fully saturated rings. The van der Waals surface area contributed by atoms with E-state index in [2.05, 4.69) is 5.32 Å². The number of hydrogen-bond donors (Lipinski definition) is 2. The SMILES string of the molecule is NC(=O)CNCc1ccccc1-c1ccc(C(F)(F)F)cc1. The second kappa shape index (κ2) is 6.62. The summed E-state index contributed by atoms with van der Waals surface area (Å²) >= 11 is 0. The lowest BCUT2D eigenvalue weighted by Crippen LogP contribution is -2.28. The van der Waals surface area contributed by atoms with Crippen LogP contribution in [0.15, 0.2) is 48.5 Å². The Morgan fingerprint density at radius 3 is 2.27 bits per heavy atom. The molecule has 0 unspecified atom stereocenters. The fourth-order valence-electron chi connectivity index (χ4n) is 2.12. The molecule has 2 rings (SSSR count). The number of carbonyl (C=O) groups excluding carboxylic acids is 1. The van der Waals surface area contributed by atoms with Crippen molar-refractivity contribution in [3.63, 3.8) is 0 Å². The van der Waals surface area contributed by atoms with Crippen molar-refractivity contribution in [2.24, 2.45) is 5.73 Å². The molecule has 1 amide bonds. The van der Waals surface area contributed by atoms with Crippen LogP contribution in [0.4, 0.5) is 13.2 Å². The zero-order valence-electron chi connectivity index (χ0n) is 11.7. The van der Waals surface area contributed by atoms with Gasteiger partial charge in [-0.3, -0.25) is 4.79 Å². The van der Waals surface area contributed by atoms with Gasteiger partial charge in [0, 0.05) is 6.54 Å². The van der Waals surface area contributed by atoms with Gasteiger partial charge in [0.2, 0.25) is 5.91 Å². The highest BCUT2D eigenvalue weighted by molar-refractivity contribution is 5.76. The number of nitrogens with two attached hydrogens (primary N) is 1. The van der Waals surface area contributed by atoms with E-state index in [9.17, 15) is 18.0 Å². The number of hydrogen-bond acceptors (Lipinski definition) is 2. The van der Waals surface area contributed by atoms with Crippen molar-refractivity contribution < 1.29 is 18.0 Å². The minimum absolute atomic E-state index is 0.0430. The lowest BCUT2D eigenvalue weighted by Gasteiger charge is -2.12. The molecule has 0 atom stereocenters. The van der Waals surface area contributed by atoms with Gasteiger partial charge in [-0.1, -0.05) is 36.4 Å². The van der Waals surface area contributed by atoms with Gasteiger partial charge in [-0.05, 0) is 28.8 Å². The Kier molecular flexibility index (Phi) is 4.82. The molecular weight excluding hydrogens is 293 g/mol. The summed E-state index contributed by atoms with van der Waals surface area (Å²) < 4.78 is 37.8. The lowest BCUT2D eigenvalue weighted by atomic mass is 9.98. The van der Waals surface area contributed by atoms with Gasteiger partial charge in [-0.15, -0.1) is 0 Å². The fourth-order valence-corrected chi connectivity index (χ4v) is 2.12. The van der Waals surface area contributed by atoms with Gasteiger partial charge in [0.1, 0.15) is 0 Å². The first kappa shape index (κ1) is 16.0. The summed E-state index contributed by atoms with van der Waals surface area (Å²) in [5.74, 6) is -0.466. The summed E-state index contributed by atoms with van der Waals surface area (Å²) in [4.78, 5) is 10.7. The first-order valence-electron chi connectivity index (χ1n) is 6.62. The van der Waals surface area contributed by atoms with Crippen LogP contribution in [-0.4, -0.2) is 12.5 Å². The minimum atomic E-state index is -4.35. The molecule has 2 aromatic rings. The Morgan fingerprint density at radius 2 is 1.68 bits per heavy atom. The predicted octanol–water partition coefficient (Wildman–Crippen LogP) is 2.95. The summed E-state index contributed by atoms with van der Waals surface area (Å²) in [5, 5.41) is 2.89. The molecule has 0 bridgehead atoms. The van der Waals surface area contributed by atoms with Crippen LogP contribution in [0.2, 0.25) is 0 Å². The van der Waals surface area contributed by atoms with E-state index in [4.69, 9.17) is 5.73 Å². The molecule has 0 saturated carbocycles. The smallest absolute Gasteiger partial charge is 0.369 e. The zero-order valence-corrected chi connectivity index (χ0v) is 11.7. The summed E-state index contributed by atoms with van der Waals surface area (Å²) in [6, 6.07) is 12.3. The second-order valence-corrected chi connectivity index (χ2v) is 4.80. The Labute approximate surface area is 125 Å². The van der Waals surface area contributed by atoms with Gasteiger partial charge in [0.15, 0.2) is 0 Å². The number of primary amides is 1. The molecule has 0 aliphatic rings. The van der Waals surface area contributed by atoms with Gasteiger partial charge in [-0.2, -0.15) is 13.2 Å². The van der Waals surface area contributed by atoms with Gasteiger partial charge < -0.3 is 11.1 Å². The minimum Gasteiger partial charge on any atom is -0.369 e. The van der Waals surface area contributed by atoms with Crippen molar-refractivity contribution in [1.29, 1.82) is 0 Å². The van der Waals surface area contributed by atoms with Gasteiger partial charge >= 0.3 is 6.18 Å². The van der Waals surface area contributed by atoms with Crippen LogP contribution < -0.4 is 11.1 Å². The molecule has 3 nitrogen and oxygen atoms in total. The van der Waals surface area contributed by atoms with Crippen LogP contribution in [0, 0.1) is 0 Å². The highest BCUT2D eigenvalue weighted by Crippen LogP contribution is 2.31. The number of halogens is 3. The highest BCUT2D eigenvalue weighted by Gasteiger charge is 2.30. The predicted molar refractivity (Wildman–Crippen MR) is 77.8 cm³/mol. The molecule has 116 valence electrons. The highest BCUT2D eigenvalue weighted by atomic mass is 19.4. The third-order valence-electron chi connectivity index (χ3n) is 3.16. The third-order valence-corrected chi connectivity index (χ3v) is 3.16. The van der Waals surface area contributed by atoms with E-state index in [0.29, 0.717) is 12.1 Å². The molecule has 2 aromatic carbocycles. The molecule has 6 heteroatoms. The Bertz CT molecular complexity index is 651. The topological polar surface area (TPSA) is 55.1 Å². The van der Waals surface area contributed by atoms with Crippen molar-refractivity contribution in [2.75, 3.05) is 6.54 Å². The molecule has 0 spiro atoms. The number of benzene rings is 2. The van der Waals surface area contributed by atoms with Crippen LogP contribution in [0.1, 0.15) is 11.1 Å². The van der Waals surface area contributed by atoms with E-state index in [0.717, 1.165) is 23.3 Å². The second-order valence-electron chi connectivity index (χ2n) is 4.80. The molecule has 0 aliphatic carbocycles. The average molecular weight is 308 g/mol. The maximum absolute atomic E-state index is 12.6. The lowest BCUT2D eigenvalue weighted by molar-refractivity contribution is -0.137. The van der Waals surface area contributed by atoms with Crippen LogP contribution in [0.5, 0.6) is 0 Å². The van der Waals surface area contributed by atoms with Crippen LogP contribution >= 0.6 is 0 Å². The number of rotatable bonds is 5. The van der Waals surface area contributed by atoms with Crippen molar-refractivity contribution in [1.82, 2.24) is 5.32 Å². The number of amides is 1. The molecule has 0 heterocycles. The Hall–Kier alpha value is -2.34. The normalized spacial score (nSPS) is 11.4. The van der Waals surface area contributed by atoms with Gasteiger partial charge in [0.25, 0.3) is 0 Å². The Morgan fingerprint density at radius 1 is 1.05 bits per heavy atom. The van der Waals surface area contributed by atoms with Gasteiger partial charge in [0.05, 0.1) is 12.1 Å². The monoisotopic (exact) mass is 308 g/mol. The number of carbonyl (C=O) groups is 1. The van der Waals surface area contributed by atoms with Crippen molar-refractivity contribution in [2.45, 2.75) is 12.7 Å². The van der Waals surface area contributed by atoms with Crippen LogP contribution in [0.3, 0.4) is 0 Å². The van der Waals surface area contributed by atoms with E-state index in [1.807, 2.05) is 24.3 Å². The largest absolute Gasteiger partial charge is 0.416 e. The Balaban J connectivity index is 2.23. The van der Waals surface area contributed by atoms with E-state index in [1.165, 1.54) is 12.1 Å². The molecule has 0 radical (unpaired) electrons. The molecule has 0 aromatic heterocycles. The molecule has 0 aliphatic heterocycles. The van der Waals surface area contributed by atoms with E-state index in [1.54, 1.807) is 0 Å². The molecular formula is C16H15F3N2O. The van der Waals surface area contributed by atoms with E-state index >= 15 is 0 Å². The maximum atomic E-state index is 12.6. The molecule has 22 heavy (non-hydrogen) atoms. The maximum Gasteiger partial charge on any atom is 0.416 e. The summed E-state index contributed by atoms with van der Waals surface area (Å²) in [6.07, 6.45) is -4.35.